The van der Waals surface area contributed by atoms with Gasteiger partial charge in [0.2, 0.25) is 0 Å². The van der Waals surface area contributed by atoms with E-state index in [-0.39, 0.29) is 0 Å². The molecule has 2 aliphatic carbocycles. The van der Waals surface area contributed by atoms with Crippen LogP contribution in [-0.2, 0) is 11.8 Å². The van der Waals surface area contributed by atoms with Crippen LogP contribution in [0.25, 0.3) is 11.1 Å². The first-order valence-corrected chi connectivity index (χ1v) is 12.0. The Labute approximate surface area is 201 Å². The molecule has 0 saturated heterocycles. The Bertz CT molecular complexity index is 1300. The number of hydrogen-bond donors (Lipinski definition) is 1. The van der Waals surface area contributed by atoms with Crippen molar-refractivity contribution in [1.29, 1.82) is 0 Å². The highest BCUT2D eigenvalue weighted by Gasteiger charge is 2.47. The Morgan fingerprint density at radius 1 is 1.00 bits per heavy atom. The molecule has 0 radical (unpaired) electrons. The highest BCUT2D eigenvalue weighted by atomic mass is 16.3. The molecule has 0 heterocycles. The lowest BCUT2D eigenvalue weighted by Gasteiger charge is -2.38. The van der Waals surface area contributed by atoms with Gasteiger partial charge in [0.1, 0.15) is 5.75 Å². The van der Waals surface area contributed by atoms with Crippen LogP contribution >= 0.6 is 0 Å². The van der Waals surface area contributed by atoms with Crippen LogP contribution in [-0.4, -0.2) is 5.11 Å². The van der Waals surface area contributed by atoms with Crippen LogP contribution in [0.4, 0.5) is 0 Å². The van der Waals surface area contributed by atoms with E-state index in [0.29, 0.717) is 24.3 Å². The van der Waals surface area contributed by atoms with E-state index in [4.69, 9.17) is 0 Å². The highest BCUT2D eigenvalue weighted by Crippen LogP contribution is 2.58. The number of nitrogens with zero attached hydrogens (tertiary/aromatic N) is 1. The summed E-state index contributed by atoms with van der Waals surface area (Å²) in [6.45, 7) is 6.03. The van der Waals surface area contributed by atoms with Crippen molar-refractivity contribution in [3.05, 3.63) is 129 Å². The van der Waals surface area contributed by atoms with Gasteiger partial charge < -0.3 is 5.11 Å². The minimum absolute atomic E-state index is 0.345. The average molecular weight is 448 g/mol. The zero-order chi connectivity index (χ0) is 23.7. The zero-order valence-corrected chi connectivity index (χ0v) is 19.6. The maximum absolute atomic E-state index is 11.6. The summed E-state index contributed by atoms with van der Waals surface area (Å²) in [5.74, 6) is 0.345. The van der Waals surface area contributed by atoms with Crippen molar-refractivity contribution >= 4 is 0 Å². The molecule has 170 valence electrons. The fraction of sp³-hybridized carbons (Fsp3) is 0.226. The number of hydrogen-bond acceptors (Lipinski definition) is 3. The van der Waals surface area contributed by atoms with Gasteiger partial charge in [-0.05, 0) is 75.9 Å². The number of rotatable bonds is 7. The molecule has 0 unspecified atom stereocenters. The standard InChI is InChI=1S/C31H29NO2/c1-3-9-21-19-23(15-17-29(21)32-34)31(24-16-18-30(33)22(20-24)10-4-2)27-13-7-5-11-25(27)26-12-6-8-14-28(26)31/h3,5-8,11-14,16,18-20,33H,1,4,9-10,15,17H2,2H3. The van der Waals surface area contributed by atoms with Crippen molar-refractivity contribution in [2.24, 2.45) is 5.18 Å². The predicted octanol–water partition coefficient (Wildman–Crippen LogP) is 7.98. The van der Waals surface area contributed by atoms with Crippen LogP contribution in [0.5, 0.6) is 5.75 Å². The molecule has 0 fully saturated rings. The average Bonchev–Trinajstić information content (AvgIpc) is 3.17. The molecular formula is C31H29NO2. The third-order valence-corrected chi connectivity index (χ3v) is 7.29. The van der Waals surface area contributed by atoms with Gasteiger partial charge in [0.15, 0.2) is 0 Å². The third-order valence-electron chi connectivity index (χ3n) is 7.29. The van der Waals surface area contributed by atoms with Crippen LogP contribution in [0.15, 0.2) is 107 Å². The van der Waals surface area contributed by atoms with Crippen LogP contribution < -0.4 is 0 Å². The molecule has 3 heteroatoms. The second kappa shape index (κ2) is 8.90. The first kappa shape index (κ1) is 22.1. The van der Waals surface area contributed by atoms with Crippen LogP contribution in [0.3, 0.4) is 0 Å². The Balaban J connectivity index is 1.88. The Morgan fingerprint density at radius 2 is 1.68 bits per heavy atom. The molecule has 3 aromatic carbocycles. The molecule has 1 N–H and O–H groups in total. The van der Waals surface area contributed by atoms with E-state index in [0.717, 1.165) is 36.0 Å². The maximum Gasteiger partial charge on any atom is 0.118 e. The molecule has 3 aromatic rings. The number of phenols is 1. The Kier molecular flexibility index (Phi) is 5.79. The fourth-order valence-corrected chi connectivity index (χ4v) is 5.88. The van der Waals surface area contributed by atoms with E-state index < -0.39 is 5.41 Å². The first-order valence-electron chi connectivity index (χ1n) is 12.0. The molecule has 0 aliphatic heterocycles. The Morgan fingerprint density at radius 3 is 2.29 bits per heavy atom. The highest BCUT2D eigenvalue weighted by molar-refractivity contribution is 5.86. The minimum Gasteiger partial charge on any atom is -0.508 e. The number of nitroso groups, excluding NO2 is 1. The molecular weight excluding hydrogens is 418 g/mol. The van der Waals surface area contributed by atoms with Gasteiger partial charge in [-0.1, -0.05) is 91.7 Å². The number of benzene rings is 3. The van der Waals surface area contributed by atoms with E-state index in [9.17, 15) is 10.0 Å². The molecule has 2 aliphatic rings. The van der Waals surface area contributed by atoms with E-state index in [1.165, 1.54) is 27.8 Å². The van der Waals surface area contributed by atoms with E-state index in [1.54, 1.807) is 0 Å². The summed E-state index contributed by atoms with van der Waals surface area (Å²) in [7, 11) is 0. The van der Waals surface area contributed by atoms with Gasteiger partial charge in [0.05, 0.1) is 11.1 Å². The smallest absolute Gasteiger partial charge is 0.118 e. The van der Waals surface area contributed by atoms with Gasteiger partial charge in [-0.25, -0.2) is 0 Å². The maximum atomic E-state index is 11.6. The topological polar surface area (TPSA) is 49.7 Å². The van der Waals surface area contributed by atoms with Gasteiger partial charge >= 0.3 is 0 Å². The van der Waals surface area contributed by atoms with Gasteiger partial charge in [-0.3, -0.25) is 0 Å². The van der Waals surface area contributed by atoms with Crippen LogP contribution in [0.2, 0.25) is 0 Å². The number of fused-ring (bicyclic) bond motifs is 3. The molecule has 0 saturated carbocycles. The lowest BCUT2D eigenvalue weighted by molar-refractivity contribution is 0.467. The molecule has 0 atom stereocenters. The van der Waals surface area contributed by atoms with E-state index >= 15 is 0 Å². The number of aromatic hydroxyl groups is 1. The summed E-state index contributed by atoms with van der Waals surface area (Å²) >= 11 is 0. The van der Waals surface area contributed by atoms with Crippen molar-refractivity contribution < 1.29 is 5.11 Å². The first-order chi connectivity index (χ1) is 16.6. The summed E-state index contributed by atoms with van der Waals surface area (Å²) in [5.41, 5.74) is 9.40. The van der Waals surface area contributed by atoms with E-state index in [2.05, 4.69) is 85.4 Å². The van der Waals surface area contributed by atoms with Crippen molar-refractivity contribution in [2.45, 2.75) is 44.4 Å². The minimum atomic E-state index is -0.496. The summed E-state index contributed by atoms with van der Waals surface area (Å²) in [6, 6.07) is 23.4. The third kappa shape index (κ3) is 3.27. The summed E-state index contributed by atoms with van der Waals surface area (Å²) < 4.78 is 0. The Hall–Kier alpha value is -3.72. The fourth-order valence-electron chi connectivity index (χ4n) is 5.88. The monoisotopic (exact) mass is 447 g/mol. The number of aryl methyl sites for hydroxylation is 1. The summed E-state index contributed by atoms with van der Waals surface area (Å²) in [6.07, 6.45) is 7.77. The van der Waals surface area contributed by atoms with Crippen molar-refractivity contribution in [1.82, 2.24) is 0 Å². The predicted molar refractivity (Wildman–Crippen MR) is 139 cm³/mol. The van der Waals surface area contributed by atoms with Crippen molar-refractivity contribution in [2.75, 3.05) is 0 Å². The number of phenolic OH excluding ortho intramolecular Hbond substituents is 1. The van der Waals surface area contributed by atoms with Crippen LogP contribution in [0.1, 0.15) is 54.9 Å². The van der Waals surface area contributed by atoms with Gasteiger partial charge in [-0.2, -0.15) is 0 Å². The molecule has 0 bridgehead atoms. The van der Waals surface area contributed by atoms with Crippen LogP contribution in [0, 0.1) is 4.91 Å². The SMILES string of the molecule is C=CCC1=C(N=O)CCC(C2(c3ccc(O)c(CCC)c3)c3ccccc3-c3ccccc32)=C1. The zero-order valence-electron chi connectivity index (χ0n) is 19.6. The molecule has 34 heavy (non-hydrogen) atoms. The van der Waals surface area contributed by atoms with Crippen molar-refractivity contribution in [3.8, 4) is 16.9 Å². The van der Waals surface area contributed by atoms with Gasteiger partial charge in [0.25, 0.3) is 0 Å². The lowest BCUT2D eigenvalue weighted by atomic mass is 9.64. The molecule has 0 spiro atoms. The quantitative estimate of drug-likeness (QED) is 0.295. The molecule has 0 amide bonds. The van der Waals surface area contributed by atoms with E-state index in [1.807, 2.05) is 12.1 Å². The lowest BCUT2D eigenvalue weighted by Crippen LogP contribution is -2.31. The molecule has 3 nitrogen and oxygen atoms in total. The van der Waals surface area contributed by atoms with Crippen molar-refractivity contribution in [3.63, 3.8) is 0 Å². The normalized spacial score (nSPS) is 16.0. The molecule has 0 aromatic heterocycles. The largest absolute Gasteiger partial charge is 0.508 e. The molecule has 5 rings (SSSR count). The summed E-state index contributed by atoms with van der Waals surface area (Å²) in [4.78, 5) is 11.6. The second-order valence-corrected chi connectivity index (χ2v) is 9.16. The second-order valence-electron chi connectivity index (χ2n) is 9.16. The van der Waals surface area contributed by atoms with Gasteiger partial charge in [-0.15, -0.1) is 11.5 Å². The summed E-state index contributed by atoms with van der Waals surface area (Å²) in [5, 5.41) is 13.9. The number of allylic oxidation sites excluding steroid dienone is 5. The van der Waals surface area contributed by atoms with Gasteiger partial charge in [0, 0.05) is 0 Å².